The van der Waals surface area contributed by atoms with Crippen LogP contribution < -0.4 is 15.4 Å². The van der Waals surface area contributed by atoms with Gasteiger partial charge in [-0.2, -0.15) is 0 Å². The summed E-state index contributed by atoms with van der Waals surface area (Å²) in [5.74, 6) is 0.785. The number of aryl methyl sites for hydroxylation is 1. The van der Waals surface area contributed by atoms with Crippen LogP contribution in [0.4, 0.5) is 5.69 Å². The summed E-state index contributed by atoms with van der Waals surface area (Å²) in [5, 5.41) is 6.24. The molecule has 1 heterocycles. The first-order chi connectivity index (χ1) is 18.5. The van der Waals surface area contributed by atoms with Crippen LogP contribution in [0.3, 0.4) is 0 Å². The molecule has 38 heavy (non-hydrogen) atoms. The number of benzene rings is 4. The number of amides is 1. The fourth-order valence-corrected chi connectivity index (χ4v) is 4.21. The van der Waals surface area contributed by atoms with Gasteiger partial charge in [-0.15, -0.1) is 0 Å². The highest BCUT2D eigenvalue weighted by Crippen LogP contribution is 2.31. The van der Waals surface area contributed by atoms with Crippen LogP contribution in [0.2, 0.25) is 5.02 Å². The molecule has 1 aromatic heterocycles. The smallest absolute Gasteiger partial charge is 0.257 e. The molecular weight excluding hydrogens is 518 g/mol. The molecule has 8 heteroatoms. The number of nitrogens with zero attached hydrogens (tertiary/aromatic N) is 1. The minimum absolute atomic E-state index is 0.114. The summed E-state index contributed by atoms with van der Waals surface area (Å²) < 4.78 is 11.7. The third-order valence-electron chi connectivity index (χ3n) is 5.91. The van der Waals surface area contributed by atoms with E-state index in [0.29, 0.717) is 40.1 Å². The highest BCUT2D eigenvalue weighted by Gasteiger charge is 2.13. The molecule has 0 aliphatic rings. The van der Waals surface area contributed by atoms with Gasteiger partial charge in [0, 0.05) is 11.1 Å². The summed E-state index contributed by atoms with van der Waals surface area (Å²) in [6.07, 6.45) is 0.919. The number of rotatable bonds is 7. The number of ether oxygens (including phenoxy) is 1. The Hall–Kier alpha value is -4.20. The summed E-state index contributed by atoms with van der Waals surface area (Å²) in [5.41, 5.74) is 5.45. The maximum atomic E-state index is 12.7. The van der Waals surface area contributed by atoms with Gasteiger partial charge in [-0.3, -0.25) is 10.1 Å². The van der Waals surface area contributed by atoms with E-state index >= 15 is 0 Å². The van der Waals surface area contributed by atoms with Crippen molar-refractivity contribution in [3.63, 3.8) is 0 Å². The van der Waals surface area contributed by atoms with E-state index in [1.165, 1.54) is 5.56 Å². The Morgan fingerprint density at radius 3 is 2.53 bits per heavy atom. The molecule has 0 saturated heterocycles. The highest BCUT2D eigenvalue weighted by atomic mass is 35.5. The Balaban J connectivity index is 1.22. The molecule has 0 fully saturated rings. The van der Waals surface area contributed by atoms with E-state index in [0.717, 1.165) is 23.1 Å². The lowest BCUT2D eigenvalue weighted by Crippen LogP contribution is -2.34. The molecule has 0 radical (unpaired) electrons. The summed E-state index contributed by atoms with van der Waals surface area (Å²) in [7, 11) is 0. The van der Waals surface area contributed by atoms with Crippen molar-refractivity contribution in [1.82, 2.24) is 10.3 Å². The molecular formula is C30H24ClN3O3S. The van der Waals surface area contributed by atoms with Gasteiger partial charge in [0.1, 0.15) is 17.9 Å². The fourth-order valence-electron chi connectivity index (χ4n) is 3.84. The molecule has 0 bridgehead atoms. The second kappa shape index (κ2) is 11.5. The van der Waals surface area contributed by atoms with Crippen molar-refractivity contribution >= 4 is 51.6 Å². The average molecular weight is 542 g/mol. The average Bonchev–Trinajstić information content (AvgIpc) is 3.37. The number of halogens is 1. The third kappa shape index (κ3) is 6.02. The van der Waals surface area contributed by atoms with Gasteiger partial charge in [0.05, 0.1) is 10.7 Å². The van der Waals surface area contributed by atoms with Crippen LogP contribution in [0.5, 0.6) is 5.75 Å². The first-order valence-electron chi connectivity index (χ1n) is 12.1. The number of carbonyl (C=O) groups is 1. The lowest BCUT2D eigenvalue weighted by molar-refractivity contribution is 0.0977. The van der Waals surface area contributed by atoms with E-state index in [4.69, 9.17) is 33.0 Å². The van der Waals surface area contributed by atoms with E-state index in [-0.39, 0.29) is 11.0 Å². The minimum Gasteiger partial charge on any atom is -0.489 e. The van der Waals surface area contributed by atoms with E-state index in [1.807, 2.05) is 54.6 Å². The topological polar surface area (TPSA) is 76.4 Å². The number of hydrogen-bond donors (Lipinski definition) is 2. The van der Waals surface area contributed by atoms with E-state index in [2.05, 4.69) is 22.5 Å². The molecule has 2 N–H and O–H groups in total. The van der Waals surface area contributed by atoms with Crippen molar-refractivity contribution in [2.75, 3.05) is 5.32 Å². The van der Waals surface area contributed by atoms with Gasteiger partial charge < -0.3 is 14.5 Å². The molecule has 6 nitrogen and oxygen atoms in total. The first-order valence-corrected chi connectivity index (χ1v) is 12.9. The van der Waals surface area contributed by atoms with Crippen molar-refractivity contribution < 1.29 is 13.9 Å². The summed E-state index contributed by atoms with van der Waals surface area (Å²) in [6.45, 7) is 2.54. The maximum absolute atomic E-state index is 12.7. The van der Waals surface area contributed by atoms with Crippen LogP contribution in [0.25, 0.3) is 22.6 Å². The zero-order chi connectivity index (χ0) is 26.5. The molecule has 0 unspecified atom stereocenters. The molecule has 0 spiro atoms. The van der Waals surface area contributed by atoms with Crippen LogP contribution >= 0.6 is 23.8 Å². The second-order valence-corrected chi connectivity index (χ2v) is 9.39. The fraction of sp³-hybridized carbons (Fsp3) is 0.100. The summed E-state index contributed by atoms with van der Waals surface area (Å²) in [4.78, 5) is 17.3. The van der Waals surface area contributed by atoms with Gasteiger partial charge >= 0.3 is 0 Å². The Labute approximate surface area is 230 Å². The van der Waals surface area contributed by atoms with Gasteiger partial charge in [0.2, 0.25) is 5.89 Å². The highest BCUT2D eigenvalue weighted by molar-refractivity contribution is 7.80. The van der Waals surface area contributed by atoms with Crippen LogP contribution in [-0.2, 0) is 13.0 Å². The van der Waals surface area contributed by atoms with Gasteiger partial charge in [-0.05, 0) is 84.4 Å². The number of aromatic nitrogens is 1. The Kier molecular flexibility index (Phi) is 7.67. The number of thiocarbonyl (C=S) groups is 1. The number of nitrogens with one attached hydrogen (secondary N) is 2. The number of carbonyl (C=O) groups excluding carboxylic acids is 1. The van der Waals surface area contributed by atoms with Crippen molar-refractivity contribution in [3.8, 4) is 17.2 Å². The first kappa shape index (κ1) is 25.4. The Morgan fingerprint density at radius 1 is 0.974 bits per heavy atom. The number of fused-ring (bicyclic) bond motifs is 1. The van der Waals surface area contributed by atoms with Gasteiger partial charge in [-0.1, -0.05) is 54.9 Å². The molecule has 0 saturated carbocycles. The lowest BCUT2D eigenvalue weighted by Gasteiger charge is -2.12. The molecule has 4 aromatic carbocycles. The zero-order valence-corrected chi connectivity index (χ0v) is 22.1. The van der Waals surface area contributed by atoms with Crippen LogP contribution in [0, 0.1) is 0 Å². The van der Waals surface area contributed by atoms with E-state index < -0.39 is 0 Å². The Bertz CT molecular complexity index is 1600. The normalized spacial score (nSPS) is 10.8. The van der Waals surface area contributed by atoms with E-state index in [1.54, 1.807) is 36.4 Å². The number of anilines is 1. The van der Waals surface area contributed by atoms with Gasteiger partial charge in [-0.25, -0.2) is 4.98 Å². The molecule has 0 atom stereocenters. The van der Waals surface area contributed by atoms with Crippen LogP contribution in [-0.4, -0.2) is 16.0 Å². The van der Waals surface area contributed by atoms with Crippen LogP contribution in [0.1, 0.15) is 28.4 Å². The molecule has 5 rings (SSSR count). The predicted octanol–water partition coefficient (Wildman–Crippen LogP) is 7.42. The van der Waals surface area contributed by atoms with Crippen LogP contribution in [0.15, 0.2) is 95.4 Å². The zero-order valence-electron chi connectivity index (χ0n) is 20.5. The monoisotopic (exact) mass is 541 g/mol. The summed E-state index contributed by atoms with van der Waals surface area (Å²) >= 11 is 11.8. The summed E-state index contributed by atoms with van der Waals surface area (Å²) in [6, 6.07) is 28.0. The quantitative estimate of drug-likeness (QED) is 0.209. The molecule has 0 aliphatic heterocycles. The standard InChI is InChI=1S/C30H24ClN3O3S/c1-2-19-8-15-27-26(16-19)32-29(37-27)22-11-14-24(31)25(17-22)33-30(38)34-28(35)21-9-12-23(13-10-21)36-18-20-6-4-3-5-7-20/h3-17H,2,18H2,1H3,(H2,33,34,35,38). The van der Waals surface area contributed by atoms with Crippen molar-refractivity contribution in [2.24, 2.45) is 0 Å². The van der Waals surface area contributed by atoms with Crippen molar-refractivity contribution in [1.29, 1.82) is 0 Å². The second-order valence-electron chi connectivity index (χ2n) is 8.58. The van der Waals surface area contributed by atoms with Gasteiger partial charge in [0.15, 0.2) is 10.7 Å². The lowest BCUT2D eigenvalue weighted by atomic mass is 10.1. The predicted molar refractivity (Wildman–Crippen MR) is 155 cm³/mol. The SMILES string of the molecule is CCc1ccc2oc(-c3ccc(Cl)c(NC(=S)NC(=O)c4ccc(OCc5ccccc5)cc4)c3)nc2c1. The maximum Gasteiger partial charge on any atom is 0.257 e. The Morgan fingerprint density at radius 2 is 1.76 bits per heavy atom. The molecule has 5 aromatic rings. The third-order valence-corrected chi connectivity index (χ3v) is 6.45. The van der Waals surface area contributed by atoms with Crippen molar-refractivity contribution in [2.45, 2.75) is 20.0 Å². The number of hydrogen-bond acceptors (Lipinski definition) is 5. The van der Waals surface area contributed by atoms with Gasteiger partial charge in [0.25, 0.3) is 5.91 Å². The molecule has 190 valence electrons. The molecule has 0 aliphatic carbocycles. The minimum atomic E-state index is -0.352. The van der Waals surface area contributed by atoms with E-state index in [9.17, 15) is 4.79 Å². The number of oxazole rings is 1. The van der Waals surface area contributed by atoms with Crippen molar-refractivity contribution in [3.05, 3.63) is 113 Å². The largest absolute Gasteiger partial charge is 0.489 e. The molecule has 1 amide bonds.